The van der Waals surface area contributed by atoms with Crippen LogP contribution in [0.5, 0.6) is 5.75 Å². The van der Waals surface area contributed by atoms with E-state index in [0.29, 0.717) is 22.0 Å². The summed E-state index contributed by atoms with van der Waals surface area (Å²) in [7, 11) is 1.52. The first kappa shape index (κ1) is 13.1. The molecule has 0 aliphatic heterocycles. The number of aromatic amines is 1. The molecule has 6 nitrogen and oxygen atoms in total. The lowest BCUT2D eigenvalue weighted by molar-refractivity contribution is 0.416. The molecule has 0 aliphatic rings. The van der Waals surface area contributed by atoms with Crippen LogP contribution < -0.4 is 16.0 Å². The minimum absolute atomic E-state index is 0.0482. The van der Waals surface area contributed by atoms with Crippen molar-refractivity contribution in [2.75, 3.05) is 7.11 Å². The molecule has 0 saturated heterocycles. The second kappa shape index (κ2) is 5.11. The molecule has 0 aliphatic carbocycles. The first-order chi connectivity index (χ1) is 9.02. The molecule has 4 N–H and O–H groups in total. The highest BCUT2D eigenvalue weighted by atomic mass is 35.5. The summed E-state index contributed by atoms with van der Waals surface area (Å²) in [4.78, 5) is 11.5. The molecule has 0 bridgehead atoms. The van der Waals surface area contributed by atoms with Gasteiger partial charge in [-0.15, -0.1) is 0 Å². The fourth-order valence-electron chi connectivity index (χ4n) is 1.62. The van der Waals surface area contributed by atoms with Gasteiger partial charge in [-0.25, -0.2) is 5.10 Å². The Kier molecular flexibility index (Phi) is 3.52. The number of rotatable bonds is 3. The number of nitrogens with two attached hydrogens (primary N) is 1. The molecule has 1 aromatic heterocycles. The fourth-order valence-corrected chi connectivity index (χ4v) is 1.80. The molecular weight excluding hydrogens is 268 g/mol. The molecule has 2 aromatic rings. The maximum atomic E-state index is 11.5. The summed E-state index contributed by atoms with van der Waals surface area (Å²) < 4.78 is 5.21. The van der Waals surface area contributed by atoms with E-state index in [1.54, 1.807) is 18.2 Å². The molecule has 19 heavy (non-hydrogen) atoms. The number of nitrogen functional groups attached to an aromatic ring is 1. The molecule has 2 rings (SSSR count). The quantitative estimate of drug-likeness (QED) is 0.583. The summed E-state index contributed by atoms with van der Waals surface area (Å²) in [5.74, 6) is 0.226. The van der Waals surface area contributed by atoms with Crippen LogP contribution in [0.3, 0.4) is 0 Å². The van der Waals surface area contributed by atoms with Gasteiger partial charge in [-0.05, 0) is 24.3 Å². The highest BCUT2D eigenvalue weighted by Crippen LogP contribution is 2.30. The first-order valence-electron chi connectivity index (χ1n) is 5.31. The summed E-state index contributed by atoms with van der Waals surface area (Å²) in [5.41, 5.74) is 5.90. The third kappa shape index (κ3) is 2.58. The van der Waals surface area contributed by atoms with Crippen LogP contribution in [0.1, 0.15) is 5.56 Å². The Balaban J connectivity index is 2.65. The predicted octanol–water partition coefficient (Wildman–Crippen LogP) is 1.38. The number of amidine groups is 1. The molecule has 0 fully saturated rings. The number of hydrogen-bond acceptors (Lipinski definition) is 4. The number of benzene rings is 1. The summed E-state index contributed by atoms with van der Waals surface area (Å²) >= 11 is 5.94. The minimum atomic E-state index is -0.516. The van der Waals surface area contributed by atoms with E-state index in [1.165, 1.54) is 13.2 Å². The Hall–Kier alpha value is -2.34. The SMILES string of the molecule is COc1ccc(Cl)cc1-c1cc(C(=N)N)c(=O)[nH]n1. The lowest BCUT2D eigenvalue weighted by atomic mass is 10.1. The molecule has 0 atom stereocenters. The van der Waals surface area contributed by atoms with Crippen molar-refractivity contribution in [1.29, 1.82) is 5.41 Å². The Bertz CT molecular complexity index is 696. The van der Waals surface area contributed by atoms with Crippen molar-refractivity contribution in [3.8, 4) is 17.0 Å². The van der Waals surface area contributed by atoms with E-state index < -0.39 is 5.56 Å². The Morgan fingerprint density at radius 2 is 2.21 bits per heavy atom. The van der Waals surface area contributed by atoms with E-state index in [4.69, 9.17) is 27.5 Å². The monoisotopic (exact) mass is 278 g/mol. The van der Waals surface area contributed by atoms with Crippen LogP contribution in [-0.2, 0) is 0 Å². The summed E-state index contributed by atoms with van der Waals surface area (Å²) in [6.07, 6.45) is 0. The highest BCUT2D eigenvalue weighted by molar-refractivity contribution is 6.31. The van der Waals surface area contributed by atoms with E-state index >= 15 is 0 Å². The van der Waals surface area contributed by atoms with Crippen LogP contribution in [0, 0.1) is 5.41 Å². The van der Waals surface area contributed by atoms with Crippen LogP contribution in [0.4, 0.5) is 0 Å². The molecule has 0 radical (unpaired) electrons. The zero-order valence-electron chi connectivity index (χ0n) is 10.0. The van der Waals surface area contributed by atoms with E-state index in [-0.39, 0.29) is 11.4 Å². The number of H-pyrrole nitrogens is 1. The molecule has 1 heterocycles. The van der Waals surface area contributed by atoms with Gasteiger partial charge in [0.2, 0.25) is 0 Å². The third-order valence-corrected chi connectivity index (χ3v) is 2.77. The molecule has 0 saturated carbocycles. The van der Waals surface area contributed by atoms with Gasteiger partial charge in [0.25, 0.3) is 5.56 Å². The summed E-state index contributed by atoms with van der Waals surface area (Å²) in [5, 5.41) is 14.1. The van der Waals surface area contributed by atoms with Gasteiger partial charge in [0.1, 0.15) is 11.6 Å². The average Bonchev–Trinajstić information content (AvgIpc) is 2.39. The van der Waals surface area contributed by atoms with Crippen molar-refractivity contribution in [1.82, 2.24) is 10.2 Å². The Labute approximate surface area is 113 Å². The summed E-state index contributed by atoms with van der Waals surface area (Å²) in [6.45, 7) is 0. The van der Waals surface area contributed by atoms with Crippen molar-refractivity contribution in [3.05, 3.63) is 45.2 Å². The maximum absolute atomic E-state index is 11.5. The predicted molar refractivity (Wildman–Crippen MR) is 72.9 cm³/mol. The van der Waals surface area contributed by atoms with Gasteiger partial charge >= 0.3 is 0 Å². The largest absolute Gasteiger partial charge is 0.496 e. The van der Waals surface area contributed by atoms with Crippen LogP contribution in [0.2, 0.25) is 5.02 Å². The zero-order chi connectivity index (χ0) is 14.0. The van der Waals surface area contributed by atoms with Crippen LogP contribution in [-0.4, -0.2) is 23.1 Å². The van der Waals surface area contributed by atoms with Crippen molar-refractivity contribution in [3.63, 3.8) is 0 Å². The van der Waals surface area contributed by atoms with Gasteiger partial charge in [-0.3, -0.25) is 10.2 Å². The molecule has 1 aromatic carbocycles. The van der Waals surface area contributed by atoms with Crippen LogP contribution in [0.15, 0.2) is 29.1 Å². The molecule has 7 heteroatoms. The van der Waals surface area contributed by atoms with Crippen molar-refractivity contribution >= 4 is 17.4 Å². The zero-order valence-corrected chi connectivity index (χ0v) is 10.8. The van der Waals surface area contributed by atoms with Gasteiger partial charge < -0.3 is 10.5 Å². The lowest BCUT2D eigenvalue weighted by Crippen LogP contribution is -2.24. The number of halogens is 1. The topological polar surface area (TPSA) is 105 Å². The van der Waals surface area contributed by atoms with Gasteiger partial charge in [-0.2, -0.15) is 5.10 Å². The standard InChI is InChI=1S/C12H11ClN4O2/c1-19-10-3-2-6(13)4-7(10)9-5-8(11(14)15)12(18)17-16-9/h2-5H,1H3,(H3,14,15)(H,17,18). The molecule has 98 valence electrons. The minimum Gasteiger partial charge on any atom is -0.496 e. The van der Waals surface area contributed by atoms with E-state index in [2.05, 4.69) is 10.2 Å². The lowest BCUT2D eigenvalue weighted by Gasteiger charge is -2.08. The van der Waals surface area contributed by atoms with Crippen molar-refractivity contribution < 1.29 is 4.74 Å². The summed E-state index contributed by atoms with van der Waals surface area (Å²) in [6, 6.07) is 6.46. The average molecular weight is 279 g/mol. The van der Waals surface area contributed by atoms with Crippen LogP contribution >= 0.6 is 11.6 Å². The van der Waals surface area contributed by atoms with E-state index in [0.717, 1.165) is 0 Å². The van der Waals surface area contributed by atoms with Crippen molar-refractivity contribution in [2.24, 2.45) is 5.73 Å². The molecular formula is C12H11ClN4O2. The number of hydrogen-bond donors (Lipinski definition) is 3. The van der Waals surface area contributed by atoms with E-state index in [1.807, 2.05) is 0 Å². The highest BCUT2D eigenvalue weighted by Gasteiger charge is 2.12. The van der Waals surface area contributed by atoms with E-state index in [9.17, 15) is 4.79 Å². The number of nitrogens with zero attached hydrogens (tertiary/aromatic N) is 1. The van der Waals surface area contributed by atoms with Gasteiger partial charge in [0.15, 0.2) is 0 Å². The number of ether oxygens (including phenoxy) is 1. The number of aromatic nitrogens is 2. The second-order valence-electron chi connectivity index (χ2n) is 3.75. The van der Waals surface area contributed by atoms with Gasteiger partial charge in [-0.1, -0.05) is 11.6 Å². The van der Waals surface area contributed by atoms with Gasteiger partial charge in [0.05, 0.1) is 18.4 Å². The fraction of sp³-hybridized carbons (Fsp3) is 0.0833. The first-order valence-corrected chi connectivity index (χ1v) is 5.68. The molecule has 0 spiro atoms. The van der Waals surface area contributed by atoms with Gasteiger partial charge in [0, 0.05) is 10.6 Å². The molecule has 0 amide bonds. The second-order valence-corrected chi connectivity index (χ2v) is 4.19. The smallest absolute Gasteiger partial charge is 0.275 e. The Morgan fingerprint density at radius 1 is 1.47 bits per heavy atom. The maximum Gasteiger partial charge on any atom is 0.275 e. The van der Waals surface area contributed by atoms with Crippen molar-refractivity contribution in [2.45, 2.75) is 0 Å². The molecule has 0 unspecified atom stereocenters. The number of methoxy groups -OCH3 is 1. The van der Waals surface area contributed by atoms with Crippen LogP contribution in [0.25, 0.3) is 11.3 Å². The number of nitrogens with one attached hydrogen (secondary N) is 2. The third-order valence-electron chi connectivity index (χ3n) is 2.53. The Morgan fingerprint density at radius 3 is 2.84 bits per heavy atom. The normalized spacial score (nSPS) is 10.2.